The molecule has 1 saturated heterocycles. The molecule has 1 aliphatic rings. The third-order valence-electron chi connectivity index (χ3n) is 3.36. The van der Waals surface area contributed by atoms with Crippen molar-refractivity contribution in [3.63, 3.8) is 0 Å². The van der Waals surface area contributed by atoms with Crippen LogP contribution < -0.4 is 5.32 Å². The van der Waals surface area contributed by atoms with Crippen LogP contribution in [-0.2, 0) is 6.54 Å². The lowest BCUT2D eigenvalue weighted by Gasteiger charge is -2.23. The van der Waals surface area contributed by atoms with Gasteiger partial charge in [0.2, 0.25) is 0 Å². The van der Waals surface area contributed by atoms with E-state index in [0.717, 1.165) is 31.6 Å². The topological polar surface area (TPSA) is 29.9 Å². The molecule has 3 nitrogen and oxygen atoms in total. The molecule has 0 unspecified atom stereocenters. The Balaban J connectivity index is 1.91. The molecule has 102 valence electrons. The summed E-state index contributed by atoms with van der Waals surface area (Å²) in [5, 5.41) is 3.28. The van der Waals surface area contributed by atoms with Crippen molar-refractivity contribution in [2.45, 2.75) is 44.3 Å². The summed E-state index contributed by atoms with van der Waals surface area (Å²) in [6.45, 7) is 2.34. The van der Waals surface area contributed by atoms with E-state index in [1.165, 1.54) is 0 Å². The average molecular weight is 261 g/mol. The van der Waals surface area contributed by atoms with Gasteiger partial charge in [-0.05, 0) is 32.4 Å². The summed E-state index contributed by atoms with van der Waals surface area (Å²) >= 11 is 0. The zero-order valence-electron chi connectivity index (χ0n) is 10.2. The fraction of sp³-hybridized carbons (Fsp3) is 0.750. The molecule has 0 atom stereocenters. The molecule has 18 heavy (non-hydrogen) atoms. The van der Waals surface area contributed by atoms with Gasteiger partial charge in [0, 0.05) is 30.8 Å². The molecule has 1 aromatic rings. The molecule has 0 amide bonds. The van der Waals surface area contributed by atoms with E-state index in [1.54, 1.807) is 12.5 Å². The Kier molecular flexibility index (Phi) is 4.27. The van der Waals surface area contributed by atoms with Crippen molar-refractivity contribution in [2.75, 3.05) is 13.1 Å². The zero-order chi connectivity index (χ0) is 13.0. The Morgan fingerprint density at radius 3 is 2.72 bits per heavy atom. The quantitative estimate of drug-likeness (QED) is 0.903. The number of halogens is 3. The predicted octanol–water partition coefficient (Wildman–Crippen LogP) is 2.69. The van der Waals surface area contributed by atoms with E-state index >= 15 is 0 Å². The highest BCUT2D eigenvalue weighted by Crippen LogP contribution is 2.26. The molecule has 0 bridgehead atoms. The smallest absolute Gasteiger partial charge is 0.334 e. The van der Waals surface area contributed by atoms with Gasteiger partial charge in [0.25, 0.3) is 0 Å². The summed E-state index contributed by atoms with van der Waals surface area (Å²) in [7, 11) is 0. The van der Waals surface area contributed by atoms with E-state index < -0.39 is 12.6 Å². The molecular formula is C12H18F3N3. The Hall–Kier alpha value is -1.04. The van der Waals surface area contributed by atoms with Crippen molar-refractivity contribution in [2.24, 2.45) is 0 Å². The summed E-state index contributed by atoms with van der Waals surface area (Å²) in [5.41, 5.74) is 1.08. The van der Waals surface area contributed by atoms with E-state index in [9.17, 15) is 13.2 Å². The Bertz CT molecular complexity index is 367. The monoisotopic (exact) mass is 261 g/mol. The molecule has 2 rings (SSSR count). The number of hydrogen-bond acceptors (Lipinski definition) is 2. The molecule has 2 heterocycles. The maximum atomic E-state index is 12.1. The van der Waals surface area contributed by atoms with Gasteiger partial charge in [0.1, 0.15) is 0 Å². The van der Waals surface area contributed by atoms with E-state index in [4.69, 9.17) is 0 Å². The number of piperidine rings is 1. The fourth-order valence-electron chi connectivity index (χ4n) is 2.43. The van der Waals surface area contributed by atoms with Gasteiger partial charge in [-0.3, -0.25) is 0 Å². The molecule has 1 aromatic heterocycles. The van der Waals surface area contributed by atoms with E-state index in [-0.39, 0.29) is 6.42 Å². The first-order valence-electron chi connectivity index (χ1n) is 6.34. The number of imidazole rings is 1. The van der Waals surface area contributed by atoms with Gasteiger partial charge in [-0.25, -0.2) is 4.98 Å². The van der Waals surface area contributed by atoms with Gasteiger partial charge in [-0.15, -0.1) is 0 Å². The van der Waals surface area contributed by atoms with Crippen LogP contribution in [0.4, 0.5) is 13.2 Å². The van der Waals surface area contributed by atoms with Crippen LogP contribution in [0.1, 0.15) is 37.3 Å². The molecule has 1 fully saturated rings. The molecule has 0 saturated carbocycles. The van der Waals surface area contributed by atoms with Crippen LogP contribution in [0.5, 0.6) is 0 Å². The van der Waals surface area contributed by atoms with Crippen molar-refractivity contribution in [1.82, 2.24) is 14.9 Å². The number of rotatable bonds is 4. The van der Waals surface area contributed by atoms with Gasteiger partial charge in [-0.2, -0.15) is 13.2 Å². The van der Waals surface area contributed by atoms with Crippen molar-refractivity contribution in [3.05, 3.63) is 18.2 Å². The lowest BCUT2D eigenvalue weighted by atomic mass is 9.95. The molecule has 0 aromatic carbocycles. The summed E-state index contributed by atoms with van der Waals surface area (Å²) in [6.07, 6.45) is 0.845. The first-order valence-corrected chi connectivity index (χ1v) is 6.34. The van der Waals surface area contributed by atoms with Crippen LogP contribution in [0.15, 0.2) is 12.5 Å². The Morgan fingerprint density at radius 2 is 2.06 bits per heavy atom. The molecule has 0 spiro atoms. The van der Waals surface area contributed by atoms with Gasteiger partial charge in [0.15, 0.2) is 0 Å². The lowest BCUT2D eigenvalue weighted by molar-refractivity contribution is -0.135. The normalized spacial score (nSPS) is 18.2. The SMILES string of the molecule is FC(F)(F)CCCn1cncc1C1CCNCC1. The third kappa shape index (κ3) is 3.73. The van der Waals surface area contributed by atoms with Gasteiger partial charge >= 0.3 is 6.18 Å². The first-order chi connectivity index (χ1) is 8.56. The number of hydrogen-bond donors (Lipinski definition) is 1. The summed E-state index contributed by atoms with van der Waals surface area (Å²) in [5.74, 6) is 0.430. The van der Waals surface area contributed by atoms with E-state index in [1.807, 2.05) is 4.57 Å². The third-order valence-corrected chi connectivity index (χ3v) is 3.36. The summed E-state index contributed by atoms with van der Waals surface area (Å²) < 4.78 is 38.2. The van der Waals surface area contributed by atoms with Crippen LogP contribution in [0.3, 0.4) is 0 Å². The summed E-state index contributed by atoms with van der Waals surface area (Å²) in [6, 6.07) is 0. The van der Waals surface area contributed by atoms with Crippen molar-refractivity contribution < 1.29 is 13.2 Å². The lowest BCUT2D eigenvalue weighted by Crippen LogP contribution is -2.27. The Labute approximate surface area is 104 Å². The fourth-order valence-corrected chi connectivity index (χ4v) is 2.43. The number of aromatic nitrogens is 2. The highest BCUT2D eigenvalue weighted by molar-refractivity contribution is 5.07. The largest absolute Gasteiger partial charge is 0.389 e. The maximum Gasteiger partial charge on any atom is 0.389 e. The van der Waals surface area contributed by atoms with Gasteiger partial charge < -0.3 is 9.88 Å². The van der Waals surface area contributed by atoms with Crippen molar-refractivity contribution in [1.29, 1.82) is 0 Å². The molecular weight excluding hydrogens is 243 g/mol. The maximum absolute atomic E-state index is 12.1. The van der Waals surface area contributed by atoms with Crippen LogP contribution in [0.25, 0.3) is 0 Å². The number of nitrogens with one attached hydrogen (secondary N) is 1. The molecule has 6 heteroatoms. The van der Waals surface area contributed by atoms with E-state index in [2.05, 4.69) is 10.3 Å². The van der Waals surface area contributed by atoms with E-state index in [0.29, 0.717) is 12.5 Å². The minimum absolute atomic E-state index is 0.123. The average Bonchev–Trinajstić information content (AvgIpc) is 2.77. The van der Waals surface area contributed by atoms with Gasteiger partial charge in [0.05, 0.1) is 6.33 Å². The second-order valence-electron chi connectivity index (χ2n) is 4.75. The van der Waals surface area contributed by atoms with Crippen LogP contribution in [0, 0.1) is 0 Å². The van der Waals surface area contributed by atoms with Crippen LogP contribution in [-0.4, -0.2) is 28.8 Å². The molecule has 0 radical (unpaired) electrons. The molecule has 0 aliphatic carbocycles. The van der Waals surface area contributed by atoms with Crippen LogP contribution >= 0.6 is 0 Å². The molecule has 1 aliphatic heterocycles. The number of alkyl halides is 3. The summed E-state index contributed by atoms with van der Waals surface area (Å²) in [4.78, 5) is 4.07. The van der Waals surface area contributed by atoms with Crippen molar-refractivity contribution >= 4 is 0 Å². The zero-order valence-corrected chi connectivity index (χ0v) is 10.2. The predicted molar refractivity (Wildman–Crippen MR) is 62.4 cm³/mol. The second kappa shape index (κ2) is 5.73. The number of nitrogens with zero attached hydrogens (tertiary/aromatic N) is 2. The minimum Gasteiger partial charge on any atom is -0.334 e. The molecule has 1 N–H and O–H groups in total. The highest BCUT2D eigenvalue weighted by atomic mass is 19.4. The second-order valence-corrected chi connectivity index (χ2v) is 4.75. The Morgan fingerprint density at radius 1 is 1.33 bits per heavy atom. The van der Waals surface area contributed by atoms with Gasteiger partial charge in [-0.1, -0.05) is 0 Å². The minimum atomic E-state index is -4.06. The standard InChI is InChI=1S/C12H18F3N3/c13-12(14,15)4-1-7-18-9-17-8-11(18)10-2-5-16-6-3-10/h8-10,16H,1-7H2. The highest BCUT2D eigenvalue weighted by Gasteiger charge is 2.26. The first kappa shape index (κ1) is 13.4. The van der Waals surface area contributed by atoms with Crippen molar-refractivity contribution in [3.8, 4) is 0 Å². The number of aryl methyl sites for hydroxylation is 1. The van der Waals surface area contributed by atoms with Crippen LogP contribution in [0.2, 0.25) is 0 Å².